The highest BCUT2D eigenvalue weighted by atomic mass is 35.5. The summed E-state index contributed by atoms with van der Waals surface area (Å²) in [7, 11) is 0. The maximum absolute atomic E-state index is 14.8. The number of hydrogen-bond donors (Lipinski definition) is 1. The van der Waals surface area contributed by atoms with Gasteiger partial charge in [-0.05, 0) is 60.7 Å². The molecule has 1 N–H and O–H groups in total. The molecule has 5 rings (SSSR count). The molecule has 2 aliphatic rings. The molecular formula is C29H28ClFN2O2S. The Bertz CT molecular complexity index is 1310. The highest BCUT2D eigenvalue weighted by molar-refractivity contribution is 7.99. The minimum absolute atomic E-state index is 0.0471. The predicted octanol–water partition coefficient (Wildman–Crippen LogP) is 7.35. The summed E-state index contributed by atoms with van der Waals surface area (Å²) in [5.41, 5.74) is 1.81. The summed E-state index contributed by atoms with van der Waals surface area (Å²) in [6.07, 6.45) is 3.24. The van der Waals surface area contributed by atoms with Gasteiger partial charge in [-0.1, -0.05) is 68.3 Å². The Hall–Kier alpha value is -2.83. The molecule has 0 radical (unpaired) electrons. The number of carbonyl (C=O) groups excluding carboxylic acids is 2. The smallest absolute Gasteiger partial charge is 0.259 e. The first-order chi connectivity index (χ1) is 17.3. The van der Waals surface area contributed by atoms with Gasteiger partial charge in [0, 0.05) is 32.0 Å². The molecular weight excluding hydrogens is 495 g/mol. The molecule has 1 aliphatic heterocycles. The van der Waals surface area contributed by atoms with Gasteiger partial charge in [0.1, 0.15) is 5.82 Å². The summed E-state index contributed by atoms with van der Waals surface area (Å²) in [6, 6.07) is 17.4. The fraction of sp³-hybridized carbons (Fsp3) is 0.310. The maximum atomic E-state index is 14.8. The standard InChI is InChI=1S/C29H28ClFN2O2S/c1-17-7-5-11-24(18(17)2)32-28(34)19-13-14-27-25(15-19)33(16-21-22(30)9-6-10-23(21)31)29(35)20-8-3-4-12-26(20)36-27/h3-4,6,8-10,12-15,17-18,24H,5,7,11,16H2,1-2H3,(H,32,34)/t17-,18+,24+/m1/s1. The lowest BCUT2D eigenvalue weighted by Gasteiger charge is -2.34. The first kappa shape index (κ1) is 24.8. The predicted molar refractivity (Wildman–Crippen MR) is 142 cm³/mol. The Balaban J connectivity index is 1.53. The molecule has 1 heterocycles. The van der Waals surface area contributed by atoms with Gasteiger partial charge in [-0.3, -0.25) is 9.59 Å². The van der Waals surface area contributed by atoms with Crippen LogP contribution >= 0.6 is 23.4 Å². The Morgan fingerprint density at radius 3 is 2.69 bits per heavy atom. The molecule has 0 spiro atoms. The fourth-order valence-electron chi connectivity index (χ4n) is 5.10. The molecule has 186 valence electrons. The van der Waals surface area contributed by atoms with Gasteiger partial charge in [0.05, 0.1) is 17.8 Å². The van der Waals surface area contributed by atoms with E-state index in [1.54, 1.807) is 30.3 Å². The third kappa shape index (κ3) is 4.76. The van der Waals surface area contributed by atoms with Crippen LogP contribution in [0.3, 0.4) is 0 Å². The van der Waals surface area contributed by atoms with Gasteiger partial charge in [0.15, 0.2) is 0 Å². The molecule has 0 saturated heterocycles. The minimum atomic E-state index is -0.476. The van der Waals surface area contributed by atoms with E-state index in [2.05, 4.69) is 19.2 Å². The molecule has 7 heteroatoms. The SMILES string of the molecule is C[C@H]1[C@H](C)CCC[C@@H]1NC(=O)c1ccc2c(c1)N(Cc1c(F)cccc1Cl)C(=O)c1ccccc1S2. The fourth-order valence-corrected chi connectivity index (χ4v) is 6.38. The number of carbonyl (C=O) groups is 2. The molecule has 3 aromatic rings. The summed E-state index contributed by atoms with van der Waals surface area (Å²) in [4.78, 5) is 30.2. The van der Waals surface area contributed by atoms with Crippen molar-refractivity contribution >= 4 is 40.9 Å². The van der Waals surface area contributed by atoms with E-state index in [-0.39, 0.29) is 35.0 Å². The molecule has 1 aliphatic carbocycles. The second-order valence-electron chi connectivity index (χ2n) is 9.72. The molecule has 4 nitrogen and oxygen atoms in total. The molecule has 36 heavy (non-hydrogen) atoms. The number of nitrogens with zero attached hydrogens (tertiary/aromatic N) is 1. The highest BCUT2D eigenvalue weighted by Crippen LogP contribution is 2.43. The largest absolute Gasteiger partial charge is 0.349 e. The number of hydrogen-bond acceptors (Lipinski definition) is 3. The number of anilines is 1. The van der Waals surface area contributed by atoms with E-state index < -0.39 is 5.82 Å². The number of benzene rings is 3. The summed E-state index contributed by atoms with van der Waals surface area (Å²) in [5, 5.41) is 3.47. The molecule has 1 fully saturated rings. The van der Waals surface area contributed by atoms with Crippen molar-refractivity contribution in [3.05, 3.63) is 88.2 Å². The van der Waals surface area contributed by atoms with Crippen LogP contribution in [-0.2, 0) is 6.54 Å². The van der Waals surface area contributed by atoms with E-state index in [0.717, 1.165) is 22.6 Å². The van der Waals surface area contributed by atoms with Crippen LogP contribution in [-0.4, -0.2) is 17.9 Å². The Morgan fingerprint density at radius 2 is 1.89 bits per heavy atom. The van der Waals surface area contributed by atoms with Crippen molar-refractivity contribution < 1.29 is 14.0 Å². The van der Waals surface area contributed by atoms with Crippen molar-refractivity contribution in [2.75, 3.05) is 4.90 Å². The lowest BCUT2D eigenvalue weighted by molar-refractivity contribution is 0.0889. The quantitative estimate of drug-likeness (QED) is 0.390. The normalized spacial score (nSPS) is 21.4. The zero-order chi connectivity index (χ0) is 25.4. The molecule has 3 aromatic carbocycles. The number of nitrogens with one attached hydrogen (secondary N) is 1. The summed E-state index contributed by atoms with van der Waals surface area (Å²) < 4.78 is 14.8. The van der Waals surface area contributed by atoms with Gasteiger partial charge in [-0.25, -0.2) is 4.39 Å². The zero-order valence-electron chi connectivity index (χ0n) is 20.3. The van der Waals surface area contributed by atoms with Crippen LogP contribution in [0.5, 0.6) is 0 Å². The lowest BCUT2D eigenvalue weighted by Crippen LogP contribution is -2.43. The third-order valence-corrected chi connectivity index (χ3v) is 8.99. The topological polar surface area (TPSA) is 49.4 Å². The number of fused-ring (bicyclic) bond motifs is 2. The lowest BCUT2D eigenvalue weighted by atomic mass is 9.78. The van der Waals surface area contributed by atoms with Gasteiger partial charge in [0.25, 0.3) is 11.8 Å². The Kier molecular flexibility index (Phi) is 7.09. The molecule has 0 bridgehead atoms. The van der Waals surface area contributed by atoms with Gasteiger partial charge in [-0.2, -0.15) is 0 Å². The Labute approximate surface area is 220 Å². The first-order valence-electron chi connectivity index (χ1n) is 12.3. The van der Waals surface area contributed by atoms with Crippen LogP contribution in [0.15, 0.2) is 70.5 Å². The van der Waals surface area contributed by atoms with Crippen LogP contribution in [0.2, 0.25) is 5.02 Å². The van der Waals surface area contributed by atoms with Gasteiger partial charge < -0.3 is 10.2 Å². The van der Waals surface area contributed by atoms with E-state index in [0.29, 0.717) is 28.7 Å². The third-order valence-electron chi connectivity index (χ3n) is 7.50. The van der Waals surface area contributed by atoms with E-state index in [1.807, 2.05) is 24.3 Å². The first-order valence-corrected chi connectivity index (χ1v) is 13.5. The second kappa shape index (κ2) is 10.3. The summed E-state index contributed by atoms with van der Waals surface area (Å²) >= 11 is 7.80. The molecule has 0 aromatic heterocycles. The molecule has 2 amide bonds. The van der Waals surface area contributed by atoms with E-state index >= 15 is 0 Å². The van der Waals surface area contributed by atoms with Crippen LogP contribution in [0.1, 0.15) is 59.4 Å². The minimum Gasteiger partial charge on any atom is -0.349 e. The average Bonchev–Trinajstić information content (AvgIpc) is 2.98. The zero-order valence-corrected chi connectivity index (χ0v) is 21.8. The van der Waals surface area contributed by atoms with Crippen molar-refractivity contribution in [2.24, 2.45) is 11.8 Å². The Morgan fingerprint density at radius 1 is 1.08 bits per heavy atom. The van der Waals surface area contributed by atoms with E-state index in [4.69, 9.17) is 11.6 Å². The van der Waals surface area contributed by atoms with E-state index in [9.17, 15) is 14.0 Å². The van der Waals surface area contributed by atoms with E-state index in [1.165, 1.54) is 29.1 Å². The van der Waals surface area contributed by atoms with Crippen molar-refractivity contribution in [3.63, 3.8) is 0 Å². The highest BCUT2D eigenvalue weighted by Gasteiger charge is 2.31. The summed E-state index contributed by atoms with van der Waals surface area (Å²) in [6.45, 7) is 4.38. The number of rotatable bonds is 4. The van der Waals surface area contributed by atoms with Crippen LogP contribution < -0.4 is 10.2 Å². The monoisotopic (exact) mass is 522 g/mol. The van der Waals surface area contributed by atoms with Crippen molar-refractivity contribution in [1.82, 2.24) is 5.32 Å². The summed E-state index contributed by atoms with van der Waals surface area (Å²) in [5.74, 6) is 0.0612. The van der Waals surface area contributed by atoms with Crippen molar-refractivity contribution in [3.8, 4) is 0 Å². The second-order valence-corrected chi connectivity index (χ2v) is 11.2. The number of halogens is 2. The van der Waals surface area contributed by atoms with Crippen molar-refractivity contribution in [1.29, 1.82) is 0 Å². The maximum Gasteiger partial charge on any atom is 0.259 e. The molecule has 1 saturated carbocycles. The van der Waals surface area contributed by atoms with Gasteiger partial charge >= 0.3 is 0 Å². The van der Waals surface area contributed by atoms with Crippen LogP contribution in [0.25, 0.3) is 0 Å². The average molecular weight is 523 g/mol. The van der Waals surface area contributed by atoms with Crippen molar-refractivity contribution in [2.45, 2.75) is 55.5 Å². The number of amides is 2. The van der Waals surface area contributed by atoms with Gasteiger partial charge in [0.2, 0.25) is 0 Å². The van der Waals surface area contributed by atoms with Gasteiger partial charge in [-0.15, -0.1) is 0 Å². The van der Waals surface area contributed by atoms with Crippen LogP contribution in [0.4, 0.5) is 10.1 Å². The molecule has 0 unspecified atom stereocenters. The van der Waals surface area contributed by atoms with Crippen LogP contribution in [0, 0.1) is 17.7 Å². The molecule has 3 atom stereocenters.